The van der Waals surface area contributed by atoms with Gasteiger partial charge in [-0.25, -0.2) is 0 Å². The van der Waals surface area contributed by atoms with Crippen molar-refractivity contribution in [3.05, 3.63) is 29.6 Å². The molecule has 13 heavy (non-hydrogen) atoms. The lowest BCUT2D eigenvalue weighted by atomic mass is 10.2. The largest absolute Gasteiger partial charge is 0.480 e. The summed E-state index contributed by atoms with van der Waals surface area (Å²) in [5.74, 6) is -0.918. The minimum atomic E-state index is -0.918. The monoisotopic (exact) mass is 180 g/mol. The first-order valence-electron chi connectivity index (χ1n) is 3.97. The zero-order valence-corrected chi connectivity index (χ0v) is 7.61. The van der Waals surface area contributed by atoms with Crippen LogP contribution in [0.15, 0.2) is 18.3 Å². The number of nitrogens with zero attached hydrogens (tertiary/aromatic N) is 1. The van der Waals surface area contributed by atoms with Crippen LogP contribution in [0.3, 0.4) is 0 Å². The Hall–Kier alpha value is -1.42. The predicted molar refractivity (Wildman–Crippen MR) is 48.4 cm³/mol. The van der Waals surface area contributed by atoms with E-state index >= 15 is 0 Å². The van der Waals surface area contributed by atoms with Gasteiger partial charge in [0.1, 0.15) is 6.04 Å². The molecule has 0 amide bonds. The van der Waals surface area contributed by atoms with Crippen molar-refractivity contribution in [1.29, 1.82) is 0 Å². The summed E-state index contributed by atoms with van der Waals surface area (Å²) in [7, 11) is 1.60. The highest BCUT2D eigenvalue weighted by Gasteiger charge is 2.17. The number of hydrogen-bond donors (Lipinski definition) is 2. The maximum absolute atomic E-state index is 10.7. The molecule has 2 N–H and O–H groups in total. The maximum atomic E-state index is 10.7. The highest BCUT2D eigenvalue weighted by molar-refractivity contribution is 5.74. The lowest BCUT2D eigenvalue weighted by molar-refractivity contribution is -0.139. The number of hydrogen-bond acceptors (Lipinski definition) is 3. The van der Waals surface area contributed by atoms with Crippen LogP contribution in [0.1, 0.15) is 17.3 Å². The summed E-state index contributed by atoms with van der Waals surface area (Å²) in [5, 5.41) is 11.5. The molecule has 0 spiro atoms. The Bertz CT molecular complexity index is 295. The van der Waals surface area contributed by atoms with Crippen molar-refractivity contribution in [3.8, 4) is 0 Å². The van der Waals surface area contributed by atoms with Crippen LogP contribution in [-0.4, -0.2) is 23.1 Å². The van der Waals surface area contributed by atoms with Crippen LogP contribution in [0.4, 0.5) is 0 Å². The van der Waals surface area contributed by atoms with Crippen LogP contribution in [0.2, 0.25) is 0 Å². The number of likely N-dealkylation sites (N-methyl/N-ethyl adjacent to an activating group) is 1. The molecule has 0 aliphatic carbocycles. The summed E-state index contributed by atoms with van der Waals surface area (Å²) >= 11 is 0. The summed E-state index contributed by atoms with van der Waals surface area (Å²) in [4.78, 5) is 14.7. The van der Waals surface area contributed by atoms with Gasteiger partial charge in [0.15, 0.2) is 0 Å². The van der Waals surface area contributed by atoms with E-state index in [1.807, 2.05) is 13.0 Å². The predicted octanol–water partition coefficient (Wildman–Crippen LogP) is 0.735. The van der Waals surface area contributed by atoms with Crippen LogP contribution in [0.5, 0.6) is 0 Å². The minimum absolute atomic E-state index is 0.528. The number of nitrogens with one attached hydrogen (secondary N) is 1. The number of aromatic nitrogens is 1. The quantitative estimate of drug-likeness (QED) is 0.720. The number of pyridine rings is 1. The van der Waals surface area contributed by atoms with Gasteiger partial charge in [-0.3, -0.25) is 9.78 Å². The normalized spacial score (nSPS) is 12.5. The molecular formula is C9H12N2O2. The van der Waals surface area contributed by atoms with Crippen molar-refractivity contribution in [2.24, 2.45) is 0 Å². The number of carboxylic acids is 1. The van der Waals surface area contributed by atoms with Crippen molar-refractivity contribution >= 4 is 5.97 Å². The lowest BCUT2D eigenvalue weighted by Crippen LogP contribution is -2.25. The van der Waals surface area contributed by atoms with Gasteiger partial charge in [0.25, 0.3) is 0 Å². The lowest BCUT2D eigenvalue weighted by Gasteiger charge is -2.09. The highest BCUT2D eigenvalue weighted by atomic mass is 16.4. The average molecular weight is 180 g/mol. The molecule has 70 valence electrons. The number of rotatable bonds is 3. The SMILES string of the molecule is CNC(C(=O)O)c1ccc(C)cn1. The van der Waals surface area contributed by atoms with Gasteiger partial charge < -0.3 is 10.4 Å². The zero-order valence-electron chi connectivity index (χ0n) is 7.61. The molecule has 0 fully saturated rings. The first-order valence-corrected chi connectivity index (χ1v) is 3.97. The van der Waals surface area contributed by atoms with Crippen molar-refractivity contribution in [3.63, 3.8) is 0 Å². The number of aryl methyl sites for hydroxylation is 1. The fraction of sp³-hybridized carbons (Fsp3) is 0.333. The van der Waals surface area contributed by atoms with E-state index in [9.17, 15) is 4.79 Å². The smallest absolute Gasteiger partial charge is 0.326 e. The Labute approximate surface area is 76.6 Å². The molecule has 1 aromatic rings. The second kappa shape index (κ2) is 4.00. The van der Waals surface area contributed by atoms with Gasteiger partial charge in [-0.2, -0.15) is 0 Å². The second-order valence-corrected chi connectivity index (χ2v) is 2.82. The Morgan fingerprint density at radius 3 is 2.69 bits per heavy atom. The van der Waals surface area contributed by atoms with Crippen LogP contribution in [0.25, 0.3) is 0 Å². The van der Waals surface area contributed by atoms with E-state index in [0.29, 0.717) is 5.69 Å². The first kappa shape index (κ1) is 9.67. The third kappa shape index (κ3) is 2.26. The van der Waals surface area contributed by atoms with Gasteiger partial charge in [-0.05, 0) is 25.6 Å². The molecule has 4 heteroatoms. The summed E-state index contributed by atoms with van der Waals surface area (Å²) in [6.07, 6.45) is 1.66. The molecule has 1 aromatic heterocycles. The van der Waals surface area contributed by atoms with Gasteiger partial charge >= 0.3 is 5.97 Å². The van der Waals surface area contributed by atoms with Gasteiger partial charge in [0, 0.05) is 6.20 Å². The zero-order chi connectivity index (χ0) is 9.84. The molecule has 0 bridgehead atoms. The molecule has 0 aliphatic heterocycles. The summed E-state index contributed by atoms with van der Waals surface area (Å²) in [6, 6.07) is 2.83. The minimum Gasteiger partial charge on any atom is -0.480 e. The first-order chi connectivity index (χ1) is 6.15. The van der Waals surface area contributed by atoms with E-state index in [4.69, 9.17) is 5.11 Å². The van der Waals surface area contributed by atoms with Crippen molar-refractivity contribution in [2.75, 3.05) is 7.05 Å². The molecule has 4 nitrogen and oxygen atoms in total. The fourth-order valence-electron chi connectivity index (χ4n) is 1.05. The van der Waals surface area contributed by atoms with Gasteiger partial charge in [-0.1, -0.05) is 6.07 Å². The third-order valence-electron chi connectivity index (χ3n) is 1.77. The van der Waals surface area contributed by atoms with Gasteiger partial charge in [-0.15, -0.1) is 0 Å². The summed E-state index contributed by atoms with van der Waals surface area (Å²) in [6.45, 7) is 1.91. The Morgan fingerprint density at radius 1 is 1.62 bits per heavy atom. The second-order valence-electron chi connectivity index (χ2n) is 2.82. The average Bonchev–Trinajstić information content (AvgIpc) is 2.09. The van der Waals surface area contributed by atoms with Gasteiger partial charge in [0.05, 0.1) is 5.69 Å². The van der Waals surface area contributed by atoms with Crippen LogP contribution >= 0.6 is 0 Å². The van der Waals surface area contributed by atoms with E-state index in [1.165, 1.54) is 0 Å². The molecule has 0 saturated heterocycles. The van der Waals surface area contributed by atoms with E-state index < -0.39 is 12.0 Å². The molecule has 0 aromatic carbocycles. The number of aliphatic carboxylic acids is 1. The Balaban J connectivity index is 2.92. The Kier molecular flexibility index (Phi) is 2.97. The van der Waals surface area contributed by atoms with Crippen LogP contribution < -0.4 is 5.32 Å². The van der Waals surface area contributed by atoms with Crippen molar-refractivity contribution < 1.29 is 9.90 Å². The molecule has 0 aliphatic rings. The highest BCUT2D eigenvalue weighted by Crippen LogP contribution is 2.09. The molecule has 0 saturated carbocycles. The summed E-state index contributed by atoms with van der Waals surface area (Å²) in [5.41, 5.74) is 1.55. The molecule has 1 unspecified atom stereocenters. The van der Waals surface area contributed by atoms with Crippen molar-refractivity contribution in [2.45, 2.75) is 13.0 Å². The topological polar surface area (TPSA) is 62.2 Å². The molecular weight excluding hydrogens is 168 g/mol. The molecule has 0 radical (unpaired) electrons. The maximum Gasteiger partial charge on any atom is 0.326 e. The molecule has 1 rings (SSSR count). The van der Waals surface area contributed by atoms with E-state index in [-0.39, 0.29) is 0 Å². The van der Waals surface area contributed by atoms with E-state index in [0.717, 1.165) is 5.56 Å². The number of carboxylic acid groups (broad SMARTS) is 1. The van der Waals surface area contributed by atoms with Crippen LogP contribution in [-0.2, 0) is 4.79 Å². The fourth-order valence-corrected chi connectivity index (χ4v) is 1.05. The van der Waals surface area contributed by atoms with E-state index in [1.54, 1.807) is 19.3 Å². The molecule has 1 heterocycles. The number of carbonyl (C=O) groups is 1. The summed E-state index contributed by atoms with van der Waals surface area (Å²) < 4.78 is 0. The van der Waals surface area contributed by atoms with Gasteiger partial charge in [0.2, 0.25) is 0 Å². The van der Waals surface area contributed by atoms with Crippen LogP contribution in [0, 0.1) is 6.92 Å². The molecule has 1 atom stereocenters. The standard InChI is InChI=1S/C9H12N2O2/c1-6-3-4-7(11-5-6)8(10-2)9(12)13/h3-5,8,10H,1-2H3,(H,12,13). The van der Waals surface area contributed by atoms with E-state index in [2.05, 4.69) is 10.3 Å². The third-order valence-corrected chi connectivity index (χ3v) is 1.77. The van der Waals surface area contributed by atoms with Crippen molar-refractivity contribution in [1.82, 2.24) is 10.3 Å². The Morgan fingerprint density at radius 2 is 2.31 bits per heavy atom.